The summed E-state index contributed by atoms with van der Waals surface area (Å²) in [6, 6.07) is 20.1. The van der Waals surface area contributed by atoms with Crippen molar-refractivity contribution >= 4 is 21.6 Å². The smallest absolute Gasteiger partial charge is 0.336 e. The first-order valence-corrected chi connectivity index (χ1v) is 9.77. The Morgan fingerprint density at radius 3 is 2.41 bits per heavy atom. The Labute approximate surface area is 168 Å². The Morgan fingerprint density at radius 1 is 0.931 bits per heavy atom. The van der Waals surface area contributed by atoms with Crippen LogP contribution < -0.4 is 11.2 Å². The van der Waals surface area contributed by atoms with Crippen molar-refractivity contribution in [3.05, 3.63) is 98.8 Å². The molecule has 0 fully saturated rings. The molecular weight excluding hydrogens is 388 g/mol. The van der Waals surface area contributed by atoms with Gasteiger partial charge >= 0.3 is 5.69 Å². The van der Waals surface area contributed by atoms with Gasteiger partial charge in [0.15, 0.2) is 0 Å². The minimum Gasteiger partial charge on any atom is -0.337 e. The molecule has 0 N–H and O–H groups in total. The predicted molar refractivity (Wildman–Crippen MR) is 111 cm³/mol. The van der Waals surface area contributed by atoms with Crippen molar-refractivity contribution in [3.63, 3.8) is 0 Å². The molecule has 5 aromatic rings. The van der Waals surface area contributed by atoms with Gasteiger partial charge < -0.3 is 4.52 Å². The van der Waals surface area contributed by atoms with Crippen molar-refractivity contribution in [2.75, 3.05) is 0 Å². The number of para-hydroxylation sites is 1. The van der Waals surface area contributed by atoms with Crippen LogP contribution in [0.2, 0.25) is 0 Å². The van der Waals surface area contributed by atoms with Crippen LogP contribution in [0.3, 0.4) is 0 Å². The van der Waals surface area contributed by atoms with Gasteiger partial charge in [0.2, 0.25) is 11.7 Å². The Hall–Kier alpha value is -3.78. The molecule has 29 heavy (non-hydrogen) atoms. The van der Waals surface area contributed by atoms with E-state index >= 15 is 0 Å². The van der Waals surface area contributed by atoms with E-state index in [4.69, 9.17) is 4.52 Å². The number of fused-ring (bicyclic) bond motifs is 1. The molecule has 0 aliphatic rings. The lowest BCUT2D eigenvalue weighted by atomic mass is 10.2. The first-order valence-electron chi connectivity index (χ1n) is 8.89. The molecule has 0 radical (unpaired) electrons. The van der Waals surface area contributed by atoms with Gasteiger partial charge in [-0.1, -0.05) is 53.7 Å². The zero-order valence-corrected chi connectivity index (χ0v) is 15.9. The molecule has 0 aliphatic heterocycles. The van der Waals surface area contributed by atoms with Gasteiger partial charge in [0.25, 0.3) is 5.56 Å². The average Bonchev–Trinajstić information content (AvgIpc) is 3.43. The van der Waals surface area contributed by atoms with E-state index in [0.717, 1.165) is 5.56 Å². The largest absolute Gasteiger partial charge is 0.337 e. The summed E-state index contributed by atoms with van der Waals surface area (Å²) in [6.45, 7) is 0.0685. The maximum absolute atomic E-state index is 13.2. The fourth-order valence-electron chi connectivity index (χ4n) is 3.20. The van der Waals surface area contributed by atoms with E-state index < -0.39 is 5.69 Å². The van der Waals surface area contributed by atoms with Gasteiger partial charge in [-0.15, -0.1) is 11.3 Å². The van der Waals surface area contributed by atoms with Crippen molar-refractivity contribution in [1.29, 1.82) is 0 Å². The normalized spacial score (nSPS) is 11.2. The molecule has 3 aromatic heterocycles. The molecule has 0 unspecified atom stereocenters. The van der Waals surface area contributed by atoms with Gasteiger partial charge in [0.05, 0.1) is 11.2 Å². The van der Waals surface area contributed by atoms with Crippen LogP contribution in [0.15, 0.2) is 86.2 Å². The van der Waals surface area contributed by atoms with E-state index in [2.05, 4.69) is 10.1 Å². The first-order chi connectivity index (χ1) is 14.2. The van der Waals surface area contributed by atoms with Gasteiger partial charge in [0, 0.05) is 5.56 Å². The van der Waals surface area contributed by atoms with Gasteiger partial charge in [-0.2, -0.15) is 4.98 Å². The summed E-state index contributed by atoms with van der Waals surface area (Å²) in [4.78, 5) is 30.5. The van der Waals surface area contributed by atoms with Crippen molar-refractivity contribution in [2.24, 2.45) is 0 Å². The van der Waals surface area contributed by atoms with Crippen LogP contribution >= 0.6 is 11.3 Å². The third kappa shape index (κ3) is 2.99. The van der Waals surface area contributed by atoms with E-state index in [0.29, 0.717) is 21.7 Å². The highest BCUT2D eigenvalue weighted by Gasteiger charge is 2.18. The average molecular weight is 402 g/mol. The van der Waals surface area contributed by atoms with Crippen LogP contribution in [0.4, 0.5) is 0 Å². The minimum absolute atomic E-state index is 0.0685. The lowest BCUT2D eigenvalue weighted by Gasteiger charge is -2.10. The molecule has 0 saturated heterocycles. The zero-order valence-electron chi connectivity index (χ0n) is 15.1. The second-order valence-corrected chi connectivity index (χ2v) is 7.27. The molecule has 2 aromatic carbocycles. The van der Waals surface area contributed by atoms with E-state index in [1.807, 2.05) is 36.4 Å². The second-order valence-electron chi connectivity index (χ2n) is 6.36. The van der Waals surface area contributed by atoms with Gasteiger partial charge in [-0.3, -0.25) is 9.36 Å². The van der Waals surface area contributed by atoms with E-state index in [1.54, 1.807) is 35.7 Å². The van der Waals surface area contributed by atoms with E-state index in [9.17, 15) is 9.59 Å². The van der Waals surface area contributed by atoms with Crippen LogP contribution in [0, 0.1) is 0 Å². The zero-order chi connectivity index (χ0) is 19.8. The van der Waals surface area contributed by atoms with Crippen molar-refractivity contribution in [2.45, 2.75) is 6.54 Å². The molecule has 0 saturated carbocycles. The highest BCUT2D eigenvalue weighted by Crippen LogP contribution is 2.19. The van der Waals surface area contributed by atoms with Crippen LogP contribution in [-0.2, 0) is 6.54 Å². The molecule has 8 heteroatoms. The second kappa shape index (κ2) is 6.99. The fourth-order valence-corrected chi connectivity index (χ4v) is 4.03. The Balaban J connectivity index is 1.65. The summed E-state index contributed by atoms with van der Waals surface area (Å²) in [7, 11) is 0. The molecule has 0 bridgehead atoms. The van der Waals surface area contributed by atoms with Crippen molar-refractivity contribution < 1.29 is 4.52 Å². The number of benzene rings is 2. The third-order valence-corrected chi connectivity index (χ3v) is 5.45. The number of nitrogens with zero attached hydrogens (tertiary/aromatic N) is 4. The number of aromatic nitrogens is 4. The van der Waals surface area contributed by atoms with Gasteiger partial charge in [0.1, 0.15) is 11.2 Å². The van der Waals surface area contributed by atoms with E-state index in [-0.39, 0.29) is 18.0 Å². The molecule has 3 heterocycles. The lowest BCUT2D eigenvalue weighted by Crippen LogP contribution is -2.38. The SMILES string of the molecule is O=c1c2sccc2n(Cc2nc(-c3ccccc3)no2)c(=O)n1-c1ccccc1. The molecule has 0 atom stereocenters. The molecule has 7 nitrogen and oxygen atoms in total. The standard InChI is InChI=1S/C21H14N4O3S/c26-20-18-16(11-12-29-18)24(21(27)25(20)15-9-5-2-6-10-15)13-17-22-19(23-28-17)14-7-3-1-4-8-14/h1-12H,13H2. The van der Waals surface area contributed by atoms with Crippen molar-refractivity contribution in [3.8, 4) is 17.1 Å². The van der Waals surface area contributed by atoms with Gasteiger partial charge in [-0.25, -0.2) is 9.36 Å². The van der Waals surface area contributed by atoms with Crippen LogP contribution in [-0.4, -0.2) is 19.3 Å². The molecule has 0 spiro atoms. The number of hydrogen-bond acceptors (Lipinski definition) is 6. The third-order valence-electron chi connectivity index (χ3n) is 4.56. The summed E-state index contributed by atoms with van der Waals surface area (Å²) >= 11 is 1.30. The summed E-state index contributed by atoms with van der Waals surface area (Å²) in [6.07, 6.45) is 0. The van der Waals surface area contributed by atoms with Crippen LogP contribution in [0.25, 0.3) is 27.3 Å². The van der Waals surface area contributed by atoms with Crippen LogP contribution in [0.1, 0.15) is 5.89 Å². The summed E-state index contributed by atoms with van der Waals surface area (Å²) in [5.41, 5.74) is 1.10. The Kier molecular flexibility index (Phi) is 4.18. The molecule has 0 amide bonds. The first kappa shape index (κ1) is 17.3. The fraction of sp³-hybridized carbons (Fsp3) is 0.0476. The number of rotatable bonds is 4. The summed E-state index contributed by atoms with van der Waals surface area (Å²) in [5, 5.41) is 5.80. The quantitative estimate of drug-likeness (QED) is 0.461. The Morgan fingerprint density at radius 2 is 1.66 bits per heavy atom. The van der Waals surface area contributed by atoms with Crippen molar-refractivity contribution in [1.82, 2.24) is 19.3 Å². The highest BCUT2D eigenvalue weighted by molar-refractivity contribution is 7.17. The molecular formula is C21H14N4O3S. The molecule has 5 rings (SSSR count). The minimum atomic E-state index is -0.452. The maximum atomic E-state index is 13.2. The highest BCUT2D eigenvalue weighted by atomic mass is 32.1. The Bertz CT molecular complexity index is 1420. The molecule has 0 aliphatic carbocycles. The molecule has 142 valence electrons. The predicted octanol–water partition coefficient (Wildman–Crippen LogP) is 3.31. The van der Waals surface area contributed by atoms with Crippen LogP contribution in [0.5, 0.6) is 0 Å². The monoisotopic (exact) mass is 402 g/mol. The number of hydrogen-bond donors (Lipinski definition) is 0. The topological polar surface area (TPSA) is 82.9 Å². The summed E-state index contributed by atoms with van der Waals surface area (Å²) < 4.78 is 8.53. The lowest BCUT2D eigenvalue weighted by molar-refractivity contribution is 0.370. The van der Waals surface area contributed by atoms with Gasteiger partial charge in [-0.05, 0) is 23.6 Å². The van der Waals surface area contributed by atoms with E-state index in [1.165, 1.54) is 20.5 Å². The maximum Gasteiger partial charge on any atom is 0.336 e. The summed E-state index contributed by atoms with van der Waals surface area (Å²) in [5.74, 6) is 0.739. The number of thiophene rings is 1.